The van der Waals surface area contributed by atoms with Gasteiger partial charge < -0.3 is 20.7 Å². The first-order valence-corrected chi connectivity index (χ1v) is 7.95. The highest BCUT2D eigenvalue weighted by molar-refractivity contribution is 7.09. The quantitative estimate of drug-likeness (QED) is 0.727. The van der Waals surface area contributed by atoms with Crippen molar-refractivity contribution in [2.24, 2.45) is 0 Å². The number of ether oxygens (including phenoxy) is 1. The van der Waals surface area contributed by atoms with Crippen molar-refractivity contribution in [1.82, 2.24) is 5.32 Å². The van der Waals surface area contributed by atoms with Gasteiger partial charge in [-0.1, -0.05) is 6.07 Å². The second kappa shape index (κ2) is 8.19. The summed E-state index contributed by atoms with van der Waals surface area (Å²) in [6.07, 6.45) is 0. The SMILES string of the molecule is COc1ccc(NC(C)=O)cc1NCC(=O)NCc1cccs1. The summed E-state index contributed by atoms with van der Waals surface area (Å²) < 4.78 is 5.25. The second-order valence-electron chi connectivity index (χ2n) is 4.81. The lowest BCUT2D eigenvalue weighted by atomic mass is 10.2. The summed E-state index contributed by atoms with van der Waals surface area (Å²) >= 11 is 1.60. The average molecular weight is 333 g/mol. The number of rotatable bonds is 7. The van der Waals surface area contributed by atoms with Crippen LogP contribution in [0.5, 0.6) is 5.75 Å². The smallest absolute Gasteiger partial charge is 0.239 e. The molecule has 0 atom stereocenters. The van der Waals surface area contributed by atoms with Gasteiger partial charge in [0.15, 0.2) is 0 Å². The Morgan fingerprint density at radius 2 is 2.09 bits per heavy atom. The Hall–Kier alpha value is -2.54. The van der Waals surface area contributed by atoms with Crippen LogP contribution in [0.2, 0.25) is 0 Å². The molecule has 0 aliphatic carbocycles. The largest absolute Gasteiger partial charge is 0.495 e. The van der Waals surface area contributed by atoms with E-state index in [-0.39, 0.29) is 18.4 Å². The van der Waals surface area contributed by atoms with Crippen LogP contribution in [0.1, 0.15) is 11.8 Å². The number of benzene rings is 1. The highest BCUT2D eigenvalue weighted by Crippen LogP contribution is 2.27. The maximum atomic E-state index is 11.9. The first kappa shape index (κ1) is 16.8. The Bertz CT molecular complexity index is 671. The Morgan fingerprint density at radius 1 is 1.26 bits per heavy atom. The van der Waals surface area contributed by atoms with Crippen LogP contribution in [0.15, 0.2) is 35.7 Å². The van der Waals surface area contributed by atoms with Crippen molar-refractivity contribution >= 4 is 34.5 Å². The molecule has 3 N–H and O–H groups in total. The monoisotopic (exact) mass is 333 g/mol. The van der Waals surface area contributed by atoms with Crippen LogP contribution in [0.3, 0.4) is 0 Å². The molecule has 2 aromatic rings. The fraction of sp³-hybridized carbons (Fsp3) is 0.250. The van der Waals surface area contributed by atoms with Crippen molar-refractivity contribution in [3.05, 3.63) is 40.6 Å². The van der Waals surface area contributed by atoms with E-state index in [4.69, 9.17) is 4.74 Å². The molecule has 0 saturated heterocycles. The molecule has 2 amide bonds. The van der Waals surface area contributed by atoms with E-state index in [1.165, 1.54) is 6.92 Å². The lowest BCUT2D eigenvalue weighted by molar-refractivity contribution is -0.119. The summed E-state index contributed by atoms with van der Waals surface area (Å²) in [5.41, 5.74) is 1.28. The predicted octanol–water partition coefficient (Wildman–Crippen LogP) is 2.44. The van der Waals surface area contributed by atoms with Gasteiger partial charge in [-0.3, -0.25) is 9.59 Å². The standard InChI is InChI=1S/C16H19N3O3S/c1-11(20)19-12-5-6-15(22-2)14(8-12)17-10-16(21)18-9-13-4-3-7-23-13/h3-8,17H,9-10H2,1-2H3,(H,18,21)(H,19,20). The number of nitrogens with one attached hydrogen (secondary N) is 3. The van der Waals surface area contributed by atoms with Crippen LogP contribution in [0.4, 0.5) is 11.4 Å². The van der Waals surface area contributed by atoms with E-state index in [0.717, 1.165) is 4.88 Å². The zero-order chi connectivity index (χ0) is 16.7. The van der Waals surface area contributed by atoms with Gasteiger partial charge in [0.2, 0.25) is 11.8 Å². The molecule has 0 saturated carbocycles. The van der Waals surface area contributed by atoms with Crippen molar-refractivity contribution in [3.8, 4) is 5.75 Å². The van der Waals surface area contributed by atoms with Gasteiger partial charge in [-0.15, -0.1) is 11.3 Å². The third kappa shape index (κ3) is 5.30. The first-order chi connectivity index (χ1) is 11.1. The Morgan fingerprint density at radius 3 is 2.74 bits per heavy atom. The number of anilines is 2. The maximum absolute atomic E-state index is 11.9. The minimum absolute atomic E-state index is 0.116. The molecule has 0 aliphatic heterocycles. The van der Waals surface area contributed by atoms with E-state index in [9.17, 15) is 9.59 Å². The molecule has 1 aromatic heterocycles. The van der Waals surface area contributed by atoms with Crippen molar-refractivity contribution in [1.29, 1.82) is 0 Å². The van der Waals surface area contributed by atoms with E-state index < -0.39 is 0 Å². The molecule has 0 unspecified atom stereocenters. The zero-order valence-corrected chi connectivity index (χ0v) is 13.8. The molecule has 1 heterocycles. The topological polar surface area (TPSA) is 79.5 Å². The normalized spacial score (nSPS) is 10.0. The van der Waals surface area contributed by atoms with Crippen molar-refractivity contribution < 1.29 is 14.3 Å². The van der Waals surface area contributed by atoms with Gasteiger partial charge in [-0.2, -0.15) is 0 Å². The summed E-state index contributed by atoms with van der Waals surface area (Å²) in [4.78, 5) is 24.1. The highest BCUT2D eigenvalue weighted by Gasteiger charge is 2.08. The maximum Gasteiger partial charge on any atom is 0.239 e. The van der Waals surface area contributed by atoms with Crippen LogP contribution in [0.25, 0.3) is 0 Å². The lowest BCUT2D eigenvalue weighted by Crippen LogP contribution is -2.29. The van der Waals surface area contributed by atoms with Gasteiger partial charge in [0, 0.05) is 17.5 Å². The van der Waals surface area contributed by atoms with Crippen LogP contribution >= 0.6 is 11.3 Å². The molecule has 2 rings (SSSR count). The molecule has 0 radical (unpaired) electrons. The summed E-state index contributed by atoms with van der Waals surface area (Å²) in [6, 6.07) is 9.12. The Kier molecular flexibility index (Phi) is 5.99. The molecular weight excluding hydrogens is 314 g/mol. The Balaban J connectivity index is 1.92. The first-order valence-electron chi connectivity index (χ1n) is 7.07. The van der Waals surface area contributed by atoms with Crippen molar-refractivity contribution in [3.63, 3.8) is 0 Å². The van der Waals surface area contributed by atoms with Crippen LogP contribution in [-0.2, 0) is 16.1 Å². The van der Waals surface area contributed by atoms with Gasteiger partial charge in [-0.25, -0.2) is 0 Å². The number of amides is 2. The van der Waals surface area contributed by atoms with Crippen LogP contribution in [0, 0.1) is 0 Å². The minimum Gasteiger partial charge on any atom is -0.495 e. The average Bonchev–Trinajstić information content (AvgIpc) is 3.04. The molecule has 7 heteroatoms. The van der Waals surface area contributed by atoms with E-state index >= 15 is 0 Å². The number of carbonyl (C=O) groups excluding carboxylic acids is 2. The minimum atomic E-state index is -0.158. The molecular formula is C16H19N3O3S. The molecule has 1 aromatic carbocycles. The van der Waals surface area contributed by atoms with Crippen molar-refractivity contribution in [2.75, 3.05) is 24.3 Å². The molecule has 0 fully saturated rings. The third-order valence-corrected chi connectivity index (χ3v) is 3.88. The summed E-state index contributed by atoms with van der Waals surface area (Å²) in [7, 11) is 1.55. The zero-order valence-electron chi connectivity index (χ0n) is 13.0. The molecule has 6 nitrogen and oxygen atoms in total. The fourth-order valence-corrected chi connectivity index (χ4v) is 2.61. The molecule has 0 spiro atoms. The molecule has 23 heavy (non-hydrogen) atoms. The van der Waals surface area contributed by atoms with Gasteiger partial charge >= 0.3 is 0 Å². The van der Waals surface area contributed by atoms with Crippen LogP contribution in [-0.4, -0.2) is 25.5 Å². The molecule has 122 valence electrons. The van der Waals surface area contributed by atoms with E-state index in [1.807, 2.05) is 17.5 Å². The van der Waals surface area contributed by atoms with Gasteiger partial charge in [0.1, 0.15) is 5.75 Å². The lowest BCUT2D eigenvalue weighted by Gasteiger charge is -2.13. The van der Waals surface area contributed by atoms with Gasteiger partial charge in [0.05, 0.1) is 25.9 Å². The van der Waals surface area contributed by atoms with E-state index in [2.05, 4.69) is 16.0 Å². The summed E-state index contributed by atoms with van der Waals surface area (Å²) in [6.45, 7) is 2.07. The van der Waals surface area contributed by atoms with Crippen LogP contribution < -0.4 is 20.7 Å². The second-order valence-corrected chi connectivity index (χ2v) is 5.84. The predicted molar refractivity (Wildman–Crippen MR) is 92.0 cm³/mol. The van der Waals surface area contributed by atoms with Crippen molar-refractivity contribution in [2.45, 2.75) is 13.5 Å². The highest BCUT2D eigenvalue weighted by atomic mass is 32.1. The number of thiophene rings is 1. The summed E-state index contributed by atoms with van der Waals surface area (Å²) in [5.74, 6) is 0.324. The number of methoxy groups -OCH3 is 1. The summed E-state index contributed by atoms with van der Waals surface area (Å²) in [5, 5.41) is 10.5. The number of hydrogen-bond donors (Lipinski definition) is 3. The van der Waals surface area contributed by atoms with Gasteiger partial charge in [0.25, 0.3) is 0 Å². The third-order valence-electron chi connectivity index (χ3n) is 3.00. The number of hydrogen-bond acceptors (Lipinski definition) is 5. The van der Waals surface area contributed by atoms with Gasteiger partial charge in [-0.05, 0) is 29.6 Å². The Labute approximate surface area is 138 Å². The van der Waals surface area contributed by atoms with E-state index in [0.29, 0.717) is 23.7 Å². The van der Waals surface area contributed by atoms with E-state index in [1.54, 1.807) is 36.6 Å². The molecule has 0 bridgehead atoms. The number of carbonyl (C=O) groups is 2. The molecule has 0 aliphatic rings. The fourth-order valence-electron chi connectivity index (χ4n) is 1.96.